The summed E-state index contributed by atoms with van der Waals surface area (Å²) in [5, 5.41) is 9.46. The summed E-state index contributed by atoms with van der Waals surface area (Å²) in [4.78, 5) is 0. The number of hydrogen-bond donors (Lipinski definition) is 1. The predicted molar refractivity (Wildman–Crippen MR) is 99.1 cm³/mol. The zero-order valence-corrected chi connectivity index (χ0v) is 15.2. The lowest BCUT2D eigenvalue weighted by atomic mass is 10.0. The number of hydrogen-bond acceptors (Lipinski definition) is 2. The largest absolute Gasteiger partial charge is 0.488 e. The van der Waals surface area contributed by atoms with Crippen LogP contribution in [0, 0.1) is 6.92 Å². The van der Waals surface area contributed by atoms with Crippen LogP contribution in [0.3, 0.4) is 0 Å². The summed E-state index contributed by atoms with van der Waals surface area (Å²) in [5.41, 5.74) is 1.23. The van der Waals surface area contributed by atoms with Crippen LogP contribution < -0.4 is 4.74 Å². The molecule has 0 heterocycles. The molecule has 0 aliphatic heterocycles. The van der Waals surface area contributed by atoms with Gasteiger partial charge >= 0.3 is 0 Å². The minimum Gasteiger partial charge on any atom is -0.488 e. The van der Waals surface area contributed by atoms with E-state index in [0.29, 0.717) is 0 Å². The number of benzene rings is 1. The SMILES string of the molecule is CCCCCCCCCCCCC(CO)Oc1ccc(C)cc1. The van der Waals surface area contributed by atoms with E-state index in [0.717, 1.165) is 18.6 Å². The molecule has 132 valence electrons. The van der Waals surface area contributed by atoms with Crippen molar-refractivity contribution in [1.29, 1.82) is 0 Å². The van der Waals surface area contributed by atoms with E-state index < -0.39 is 0 Å². The van der Waals surface area contributed by atoms with Crippen LogP contribution in [-0.4, -0.2) is 17.8 Å². The average Bonchev–Trinajstić information content (AvgIpc) is 2.57. The zero-order valence-electron chi connectivity index (χ0n) is 15.2. The van der Waals surface area contributed by atoms with Gasteiger partial charge in [-0.25, -0.2) is 0 Å². The topological polar surface area (TPSA) is 29.5 Å². The van der Waals surface area contributed by atoms with Gasteiger partial charge in [-0.1, -0.05) is 82.4 Å². The molecular formula is C21H36O2. The van der Waals surface area contributed by atoms with Gasteiger partial charge in [0.2, 0.25) is 0 Å². The number of ether oxygens (including phenoxy) is 1. The van der Waals surface area contributed by atoms with E-state index in [1.165, 1.54) is 63.4 Å². The quantitative estimate of drug-likeness (QED) is 0.423. The van der Waals surface area contributed by atoms with Gasteiger partial charge in [-0.3, -0.25) is 0 Å². The summed E-state index contributed by atoms with van der Waals surface area (Å²) in [7, 11) is 0. The van der Waals surface area contributed by atoms with Crippen molar-refractivity contribution in [2.45, 2.75) is 90.6 Å². The van der Waals surface area contributed by atoms with E-state index in [9.17, 15) is 5.11 Å². The van der Waals surface area contributed by atoms with Gasteiger partial charge in [0.15, 0.2) is 0 Å². The number of aliphatic hydroxyl groups excluding tert-OH is 1. The maximum absolute atomic E-state index is 9.46. The second kappa shape index (κ2) is 13.4. The van der Waals surface area contributed by atoms with Crippen molar-refractivity contribution in [1.82, 2.24) is 0 Å². The highest BCUT2D eigenvalue weighted by Crippen LogP contribution is 2.17. The molecule has 1 N–H and O–H groups in total. The molecule has 0 saturated heterocycles. The Hall–Kier alpha value is -1.02. The van der Waals surface area contributed by atoms with Crippen molar-refractivity contribution in [2.75, 3.05) is 6.61 Å². The van der Waals surface area contributed by atoms with Crippen molar-refractivity contribution >= 4 is 0 Å². The molecule has 0 saturated carbocycles. The average molecular weight is 321 g/mol. The highest BCUT2D eigenvalue weighted by Gasteiger charge is 2.08. The van der Waals surface area contributed by atoms with Gasteiger partial charge in [0, 0.05) is 0 Å². The van der Waals surface area contributed by atoms with Gasteiger partial charge in [-0.05, 0) is 31.9 Å². The molecule has 1 aromatic carbocycles. The first-order valence-electron chi connectivity index (χ1n) is 9.60. The van der Waals surface area contributed by atoms with E-state index in [-0.39, 0.29) is 12.7 Å². The van der Waals surface area contributed by atoms with Crippen LogP contribution in [0.1, 0.15) is 83.1 Å². The fourth-order valence-corrected chi connectivity index (χ4v) is 2.86. The molecule has 0 radical (unpaired) electrons. The third-order valence-corrected chi connectivity index (χ3v) is 4.41. The van der Waals surface area contributed by atoms with E-state index in [4.69, 9.17) is 4.74 Å². The van der Waals surface area contributed by atoms with Crippen molar-refractivity contribution < 1.29 is 9.84 Å². The highest BCUT2D eigenvalue weighted by atomic mass is 16.5. The Morgan fingerprint density at radius 1 is 0.826 bits per heavy atom. The first kappa shape index (κ1) is 20.0. The first-order valence-corrected chi connectivity index (χ1v) is 9.60. The van der Waals surface area contributed by atoms with Gasteiger partial charge in [-0.15, -0.1) is 0 Å². The Balaban J connectivity index is 2.01. The monoisotopic (exact) mass is 320 g/mol. The van der Waals surface area contributed by atoms with Crippen molar-refractivity contribution in [3.8, 4) is 5.75 Å². The molecule has 0 spiro atoms. The van der Waals surface area contributed by atoms with Gasteiger partial charge in [-0.2, -0.15) is 0 Å². The molecule has 0 aliphatic rings. The zero-order chi connectivity index (χ0) is 16.8. The van der Waals surface area contributed by atoms with E-state index >= 15 is 0 Å². The molecule has 0 bridgehead atoms. The van der Waals surface area contributed by atoms with Gasteiger partial charge in [0.1, 0.15) is 11.9 Å². The van der Waals surface area contributed by atoms with Crippen LogP contribution in [0.5, 0.6) is 5.75 Å². The standard InChI is InChI=1S/C21H36O2/c1-3-4-5-6-7-8-9-10-11-12-13-21(18-22)23-20-16-14-19(2)15-17-20/h14-17,21-22H,3-13,18H2,1-2H3. The van der Waals surface area contributed by atoms with Crippen LogP contribution >= 0.6 is 0 Å². The second-order valence-electron chi connectivity index (χ2n) is 6.71. The summed E-state index contributed by atoms with van der Waals surface area (Å²) in [6.07, 6.45) is 14.3. The van der Waals surface area contributed by atoms with Crippen LogP contribution in [0.4, 0.5) is 0 Å². The highest BCUT2D eigenvalue weighted by molar-refractivity contribution is 5.26. The lowest BCUT2D eigenvalue weighted by molar-refractivity contribution is 0.106. The molecule has 0 amide bonds. The van der Waals surface area contributed by atoms with E-state index in [1.54, 1.807) is 0 Å². The number of rotatable bonds is 14. The van der Waals surface area contributed by atoms with Crippen molar-refractivity contribution in [3.63, 3.8) is 0 Å². The molecule has 1 unspecified atom stereocenters. The van der Waals surface area contributed by atoms with E-state index in [1.807, 2.05) is 24.3 Å². The third-order valence-electron chi connectivity index (χ3n) is 4.41. The number of unbranched alkanes of at least 4 members (excludes halogenated alkanes) is 9. The Bertz CT molecular complexity index is 372. The maximum atomic E-state index is 9.46. The summed E-state index contributed by atoms with van der Waals surface area (Å²) in [6.45, 7) is 4.44. The molecule has 2 nitrogen and oxygen atoms in total. The fourth-order valence-electron chi connectivity index (χ4n) is 2.86. The minimum absolute atomic E-state index is 0.0632. The summed E-state index contributed by atoms with van der Waals surface area (Å²) < 4.78 is 5.85. The maximum Gasteiger partial charge on any atom is 0.122 e. The van der Waals surface area contributed by atoms with Gasteiger partial charge in [0.25, 0.3) is 0 Å². The molecule has 1 atom stereocenters. The Labute approximate surface area is 143 Å². The molecule has 23 heavy (non-hydrogen) atoms. The first-order chi connectivity index (χ1) is 11.3. The Kier molecular flexibility index (Phi) is 11.7. The van der Waals surface area contributed by atoms with Crippen molar-refractivity contribution in [2.24, 2.45) is 0 Å². The van der Waals surface area contributed by atoms with E-state index in [2.05, 4.69) is 13.8 Å². The third kappa shape index (κ3) is 10.4. The molecular weight excluding hydrogens is 284 g/mol. The molecule has 0 aromatic heterocycles. The summed E-state index contributed by atoms with van der Waals surface area (Å²) >= 11 is 0. The van der Waals surface area contributed by atoms with Crippen LogP contribution in [0.15, 0.2) is 24.3 Å². The van der Waals surface area contributed by atoms with Crippen LogP contribution in [0.25, 0.3) is 0 Å². The smallest absolute Gasteiger partial charge is 0.122 e. The Morgan fingerprint density at radius 3 is 1.87 bits per heavy atom. The summed E-state index contributed by atoms with van der Waals surface area (Å²) in [6, 6.07) is 8.06. The normalized spacial score (nSPS) is 12.3. The molecule has 1 rings (SSSR count). The molecule has 1 aromatic rings. The van der Waals surface area contributed by atoms with Crippen molar-refractivity contribution in [3.05, 3.63) is 29.8 Å². The number of aliphatic hydroxyl groups is 1. The van der Waals surface area contributed by atoms with Gasteiger partial charge in [0.05, 0.1) is 6.61 Å². The van der Waals surface area contributed by atoms with Crippen LogP contribution in [0.2, 0.25) is 0 Å². The molecule has 0 aliphatic carbocycles. The predicted octanol–water partition coefficient (Wildman–Crippen LogP) is 6.05. The summed E-state index contributed by atoms with van der Waals surface area (Å²) in [5.74, 6) is 0.863. The lowest BCUT2D eigenvalue weighted by Crippen LogP contribution is -2.20. The van der Waals surface area contributed by atoms with Crippen LogP contribution in [-0.2, 0) is 0 Å². The number of aryl methyl sites for hydroxylation is 1. The molecule has 2 heteroatoms. The minimum atomic E-state index is -0.0632. The molecule has 0 fully saturated rings. The van der Waals surface area contributed by atoms with Gasteiger partial charge < -0.3 is 9.84 Å². The second-order valence-corrected chi connectivity index (χ2v) is 6.71. The Morgan fingerprint density at radius 2 is 1.35 bits per heavy atom. The fraction of sp³-hybridized carbons (Fsp3) is 0.714. The lowest BCUT2D eigenvalue weighted by Gasteiger charge is -2.17.